The van der Waals surface area contributed by atoms with E-state index in [0.717, 1.165) is 44.3 Å². The zero-order chi connectivity index (χ0) is 17.1. The fraction of sp³-hybridized carbons (Fsp3) is 0.588. The molecule has 0 radical (unpaired) electrons. The van der Waals surface area contributed by atoms with Gasteiger partial charge in [-0.1, -0.05) is 18.2 Å². The summed E-state index contributed by atoms with van der Waals surface area (Å²) in [4.78, 5) is 4.53. The van der Waals surface area contributed by atoms with Crippen molar-refractivity contribution in [3.8, 4) is 5.69 Å². The number of hydrogen-bond donors (Lipinski definition) is 0. The third kappa shape index (κ3) is 3.80. The summed E-state index contributed by atoms with van der Waals surface area (Å²) >= 11 is 0. The molecule has 1 aromatic heterocycles. The lowest BCUT2D eigenvalue weighted by Gasteiger charge is -2.33. The van der Waals surface area contributed by atoms with Gasteiger partial charge in [0.25, 0.3) is 0 Å². The fourth-order valence-electron chi connectivity index (χ4n) is 3.26. The van der Waals surface area contributed by atoms with E-state index in [4.69, 9.17) is 4.74 Å². The second-order valence-corrected chi connectivity index (χ2v) is 6.74. The van der Waals surface area contributed by atoms with Gasteiger partial charge in [0.2, 0.25) is 0 Å². The van der Waals surface area contributed by atoms with Crippen LogP contribution in [0.5, 0.6) is 0 Å². The molecule has 1 aromatic carbocycles. The van der Waals surface area contributed by atoms with Gasteiger partial charge >= 0.3 is 0 Å². The molecule has 0 N–H and O–H groups in total. The van der Waals surface area contributed by atoms with Crippen LogP contribution < -0.4 is 0 Å². The van der Waals surface area contributed by atoms with Crippen LogP contribution in [0.4, 0.5) is 0 Å². The summed E-state index contributed by atoms with van der Waals surface area (Å²) < 4.78 is 7.73. The lowest BCUT2D eigenvalue weighted by molar-refractivity contribution is -0.0415. The zero-order valence-electron chi connectivity index (χ0n) is 14.9. The Balaban J connectivity index is 1.76. The maximum atomic E-state index is 5.85. The lowest BCUT2D eigenvalue weighted by Crippen LogP contribution is -2.46. The first-order valence-corrected chi connectivity index (χ1v) is 8.37. The number of hydrogen-bond acceptors (Lipinski definition) is 6. The van der Waals surface area contributed by atoms with Gasteiger partial charge in [-0.2, -0.15) is 4.68 Å². The second kappa shape index (κ2) is 7.38. The van der Waals surface area contributed by atoms with E-state index in [0.29, 0.717) is 0 Å². The van der Waals surface area contributed by atoms with Crippen molar-refractivity contribution in [2.45, 2.75) is 26.5 Å². The highest BCUT2D eigenvalue weighted by Gasteiger charge is 2.23. The van der Waals surface area contributed by atoms with Crippen LogP contribution >= 0.6 is 0 Å². The standard InChI is InChI=1S/C17H26N6O/c1-13-6-5-7-14(2)17(13)23-16(18-19-20-23)12-22-8-9-24-15(11-22)10-21(3)4/h5-7,15H,8-12H2,1-4H3/t15-/m1/s1. The minimum Gasteiger partial charge on any atom is -0.374 e. The molecule has 7 nitrogen and oxygen atoms in total. The molecule has 130 valence electrons. The van der Waals surface area contributed by atoms with Gasteiger partial charge < -0.3 is 9.64 Å². The van der Waals surface area contributed by atoms with E-state index < -0.39 is 0 Å². The summed E-state index contributed by atoms with van der Waals surface area (Å²) in [6.45, 7) is 8.41. The predicted octanol–water partition coefficient (Wildman–Crippen LogP) is 1.04. The maximum absolute atomic E-state index is 5.85. The van der Waals surface area contributed by atoms with Crippen molar-refractivity contribution in [1.82, 2.24) is 30.0 Å². The third-order valence-corrected chi connectivity index (χ3v) is 4.34. The molecule has 0 amide bonds. The van der Waals surface area contributed by atoms with Crippen molar-refractivity contribution in [2.24, 2.45) is 0 Å². The molecule has 0 aliphatic carbocycles. The molecule has 0 spiro atoms. The maximum Gasteiger partial charge on any atom is 0.170 e. The SMILES string of the molecule is Cc1cccc(C)c1-n1nnnc1CN1CCO[C@H](CN(C)C)C1. The van der Waals surface area contributed by atoms with Gasteiger partial charge in [-0.05, 0) is 49.5 Å². The topological polar surface area (TPSA) is 59.3 Å². The molecule has 1 aliphatic heterocycles. The van der Waals surface area contributed by atoms with E-state index in [9.17, 15) is 0 Å². The van der Waals surface area contributed by atoms with E-state index in [1.165, 1.54) is 11.1 Å². The Hall–Kier alpha value is -1.83. The molecular formula is C17H26N6O. The van der Waals surface area contributed by atoms with Crippen LogP contribution in [0, 0.1) is 13.8 Å². The van der Waals surface area contributed by atoms with E-state index in [-0.39, 0.29) is 6.10 Å². The predicted molar refractivity (Wildman–Crippen MR) is 92.2 cm³/mol. The Kier molecular flexibility index (Phi) is 5.23. The monoisotopic (exact) mass is 330 g/mol. The van der Waals surface area contributed by atoms with Gasteiger partial charge in [-0.3, -0.25) is 4.90 Å². The number of ether oxygens (including phenoxy) is 1. The van der Waals surface area contributed by atoms with E-state index in [1.54, 1.807) is 0 Å². The van der Waals surface area contributed by atoms with Gasteiger partial charge in [-0.25, -0.2) is 0 Å². The van der Waals surface area contributed by atoms with E-state index in [2.05, 4.69) is 71.5 Å². The highest BCUT2D eigenvalue weighted by Crippen LogP contribution is 2.19. The molecule has 1 fully saturated rings. The third-order valence-electron chi connectivity index (χ3n) is 4.34. The fourth-order valence-corrected chi connectivity index (χ4v) is 3.26. The molecule has 0 saturated carbocycles. The second-order valence-electron chi connectivity index (χ2n) is 6.74. The van der Waals surface area contributed by atoms with Gasteiger partial charge in [0.1, 0.15) is 0 Å². The quantitative estimate of drug-likeness (QED) is 0.816. The van der Waals surface area contributed by atoms with Crippen molar-refractivity contribution in [3.05, 3.63) is 35.2 Å². The van der Waals surface area contributed by atoms with Crippen LogP contribution in [0.25, 0.3) is 5.69 Å². The van der Waals surface area contributed by atoms with Gasteiger partial charge in [0, 0.05) is 19.6 Å². The molecule has 2 aromatic rings. The molecular weight excluding hydrogens is 304 g/mol. The van der Waals surface area contributed by atoms with E-state index >= 15 is 0 Å². The number of likely N-dealkylation sites (N-methyl/N-ethyl adjacent to an activating group) is 1. The Labute approximate surface area is 143 Å². The van der Waals surface area contributed by atoms with Crippen molar-refractivity contribution in [1.29, 1.82) is 0 Å². The first-order chi connectivity index (χ1) is 11.5. The Morgan fingerprint density at radius 1 is 1.25 bits per heavy atom. The van der Waals surface area contributed by atoms with Crippen molar-refractivity contribution >= 4 is 0 Å². The van der Waals surface area contributed by atoms with Crippen molar-refractivity contribution in [2.75, 3.05) is 40.3 Å². The minimum atomic E-state index is 0.235. The molecule has 1 saturated heterocycles. The number of morpholine rings is 1. The van der Waals surface area contributed by atoms with Crippen LogP contribution in [0.2, 0.25) is 0 Å². The normalized spacial score (nSPS) is 19.1. The summed E-state index contributed by atoms with van der Waals surface area (Å²) in [5.74, 6) is 0.873. The average Bonchev–Trinajstić information content (AvgIpc) is 2.95. The van der Waals surface area contributed by atoms with Crippen LogP contribution in [-0.2, 0) is 11.3 Å². The highest BCUT2D eigenvalue weighted by atomic mass is 16.5. The van der Waals surface area contributed by atoms with Gasteiger partial charge in [0.05, 0.1) is 24.9 Å². The number of para-hydroxylation sites is 1. The molecule has 3 rings (SSSR count). The Morgan fingerprint density at radius 3 is 2.71 bits per heavy atom. The average molecular weight is 330 g/mol. The lowest BCUT2D eigenvalue weighted by atomic mass is 10.1. The first kappa shape index (κ1) is 17.0. The highest BCUT2D eigenvalue weighted by molar-refractivity contribution is 5.46. The minimum absolute atomic E-state index is 0.235. The van der Waals surface area contributed by atoms with Crippen LogP contribution in [0.3, 0.4) is 0 Å². The number of aryl methyl sites for hydroxylation is 2. The van der Waals surface area contributed by atoms with E-state index in [1.807, 2.05) is 4.68 Å². The summed E-state index contributed by atoms with van der Waals surface area (Å²) in [5.41, 5.74) is 3.43. The molecule has 2 heterocycles. The molecule has 0 bridgehead atoms. The van der Waals surface area contributed by atoms with Crippen molar-refractivity contribution < 1.29 is 4.74 Å². The summed E-state index contributed by atoms with van der Waals surface area (Å²) in [7, 11) is 4.15. The zero-order valence-corrected chi connectivity index (χ0v) is 14.9. The summed E-state index contributed by atoms with van der Waals surface area (Å²) in [5, 5.41) is 12.4. The number of benzene rings is 1. The Morgan fingerprint density at radius 2 is 2.00 bits per heavy atom. The number of aromatic nitrogens is 4. The molecule has 7 heteroatoms. The van der Waals surface area contributed by atoms with Crippen LogP contribution in [0.1, 0.15) is 17.0 Å². The molecule has 24 heavy (non-hydrogen) atoms. The Bertz CT molecular complexity index is 663. The van der Waals surface area contributed by atoms with Gasteiger partial charge in [-0.15, -0.1) is 5.10 Å². The smallest absolute Gasteiger partial charge is 0.170 e. The number of nitrogens with zero attached hydrogens (tertiary/aromatic N) is 6. The summed E-state index contributed by atoms with van der Waals surface area (Å²) in [6.07, 6.45) is 0.235. The van der Waals surface area contributed by atoms with Crippen LogP contribution in [0.15, 0.2) is 18.2 Å². The molecule has 0 unspecified atom stereocenters. The summed E-state index contributed by atoms with van der Waals surface area (Å²) in [6, 6.07) is 6.25. The molecule has 1 aliphatic rings. The van der Waals surface area contributed by atoms with Crippen molar-refractivity contribution in [3.63, 3.8) is 0 Å². The first-order valence-electron chi connectivity index (χ1n) is 8.37. The van der Waals surface area contributed by atoms with Crippen LogP contribution in [-0.4, -0.2) is 76.4 Å². The largest absolute Gasteiger partial charge is 0.374 e. The number of tetrazole rings is 1. The number of rotatable bonds is 5. The molecule has 1 atom stereocenters. The van der Waals surface area contributed by atoms with Gasteiger partial charge in [0.15, 0.2) is 5.82 Å².